The molecule has 144 valence electrons. The molecule has 1 aromatic carbocycles. The summed E-state index contributed by atoms with van der Waals surface area (Å²) in [5.74, 6) is 0.828. The van der Waals surface area contributed by atoms with Crippen molar-refractivity contribution in [2.24, 2.45) is 17.6 Å². The highest BCUT2D eigenvalue weighted by molar-refractivity contribution is 6.00. The molecule has 1 aliphatic carbocycles. The summed E-state index contributed by atoms with van der Waals surface area (Å²) in [5, 5.41) is 3.71. The Morgan fingerprint density at radius 1 is 1.22 bits per heavy atom. The zero-order valence-electron chi connectivity index (χ0n) is 15.8. The Morgan fingerprint density at radius 2 is 2.00 bits per heavy atom. The van der Waals surface area contributed by atoms with Crippen molar-refractivity contribution in [1.29, 1.82) is 0 Å². The van der Waals surface area contributed by atoms with Crippen LogP contribution in [0.15, 0.2) is 12.1 Å². The molecule has 2 aromatic rings. The SMILES string of the molecule is CNC(=O)Cc1cc(C(N)=O)cc2c3c([nH]c12)CCC(C1CCOCC1)C3. The summed E-state index contributed by atoms with van der Waals surface area (Å²) in [6, 6.07) is 3.64. The van der Waals surface area contributed by atoms with Gasteiger partial charge in [-0.15, -0.1) is 0 Å². The van der Waals surface area contributed by atoms with Crippen molar-refractivity contribution >= 4 is 22.7 Å². The molecule has 4 N–H and O–H groups in total. The largest absolute Gasteiger partial charge is 0.381 e. The summed E-state index contributed by atoms with van der Waals surface area (Å²) in [7, 11) is 1.62. The van der Waals surface area contributed by atoms with E-state index in [0.717, 1.165) is 55.4 Å². The van der Waals surface area contributed by atoms with E-state index in [1.807, 2.05) is 6.07 Å². The number of carbonyl (C=O) groups excluding carboxylic acids is 2. The van der Waals surface area contributed by atoms with Gasteiger partial charge in [-0.25, -0.2) is 0 Å². The van der Waals surface area contributed by atoms with Crippen molar-refractivity contribution in [3.8, 4) is 0 Å². The van der Waals surface area contributed by atoms with Gasteiger partial charge >= 0.3 is 0 Å². The van der Waals surface area contributed by atoms with Crippen LogP contribution < -0.4 is 11.1 Å². The number of nitrogens with two attached hydrogens (primary N) is 1. The monoisotopic (exact) mass is 369 g/mol. The van der Waals surface area contributed by atoms with Crippen LogP contribution in [0, 0.1) is 11.8 Å². The van der Waals surface area contributed by atoms with Gasteiger partial charge in [0.25, 0.3) is 0 Å². The molecular formula is C21H27N3O3. The number of aromatic nitrogens is 1. The maximum absolute atomic E-state index is 12.0. The predicted molar refractivity (Wildman–Crippen MR) is 104 cm³/mol. The maximum atomic E-state index is 12.0. The van der Waals surface area contributed by atoms with E-state index in [0.29, 0.717) is 17.4 Å². The van der Waals surface area contributed by atoms with Crippen LogP contribution >= 0.6 is 0 Å². The van der Waals surface area contributed by atoms with Gasteiger partial charge in [0.1, 0.15) is 0 Å². The fraction of sp³-hybridized carbons (Fsp3) is 0.524. The number of aromatic amines is 1. The summed E-state index contributed by atoms with van der Waals surface area (Å²) in [6.07, 6.45) is 5.71. The Bertz CT molecular complexity index is 880. The zero-order chi connectivity index (χ0) is 19.0. The minimum atomic E-state index is -0.457. The van der Waals surface area contributed by atoms with Gasteiger partial charge in [0.05, 0.1) is 6.42 Å². The second-order valence-corrected chi connectivity index (χ2v) is 7.81. The van der Waals surface area contributed by atoms with Crippen LogP contribution in [0.1, 0.15) is 46.4 Å². The summed E-state index contributed by atoms with van der Waals surface area (Å²) in [4.78, 5) is 27.4. The average Bonchev–Trinajstić information content (AvgIpc) is 3.06. The Balaban J connectivity index is 1.74. The molecule has 4 rings (SSSR count). The van der Waals surface area contributed by atoms with Crippen LogP contribution in [-0.4, -0.2) is 37.1 Å². The molecule has 1 aliphatic heterocycles. The fourth-order valence-corrected chi connectivity index (χ4v) is 4.75. The lowest BCUT2D eigenvalue weighted by Crippen LogP contribution is -2.27. The summed E-state index contributed by atoms with van der Waals surface area (Å²) >= 11 is 0. The van der Waals surface area contributed by atoms with Gasteiger partial charge in [0.2, 0.25) is 11.8 Å². The van der Waals surface area contributed by atoms with Gasteiger partial charge in [-0.1, -0.05) is 0 Å². The second kappa shape index (κ2) is 7.35. The van der Waals surface area contributed by atoms with E-state index in [2.05, 4.69) is 10.3 Å². The average molecular weight is 369 g/mol. The number of fused-ring (bicyclic) bond motifs is 3. The lowest BCUT2D eigenvalue weighted by Gasteiger charge is -2.33. The van der Waals surface area contributed by atoms with Crippen LogP contribution in [0.5, 0.6) is 0 Å². The van der Waals surface area contributed by atoms with Crippen LogP contribution in [-0.2, 0) is 28.8 Å². The van der Waals surface area contributed by atoms with E-state index in [9.17, 15) is 9.59 Å². The molecule has 1 saturated heterocycles. The molecule has 1 aromatic heterocycles. The standard InChI is InChI=1S/C21H27N3O3/c1-23-19(25)11-14-8-15(21(22)26)10-17-16-9-13(12-4-6-27-7-5-12)2-3-18(16)24-20(14)17/h8,10,12-13,24H,2-7,9,11H2,1H3,(H2,22,26)(H,23,25). The minimum absolute atomic E-state index is 0.0782. The van der Waals surface area contributed by atoms with E-state index < -0.39 is 5.91 Å². The van der Waals surface area contributed by atoms with E-state index in [-0.39, 0.29) is 12.3 Å². The lowest BCUT2D eigenvalue weighted by atomic mass is 9.75. The van der Waals surface area contributed by atoms with Crippen molar-refractivity contribution in [1.82, 2.24) is 10.3 Å². The minimum Gasteiger partial charge on any atom is -0.381 e. The molecule has 0 radical (unpaired) electrons. The smallest absolute Gasteiger partial charge is 0.248 e. The number of primary amides is 1. The number of ether oxygens (including phenoxy) is 1. The van der Waals surface area contributed by atoms with E-state index in [1.165, 1.54) is 17.7 Å². The molecule has 1 unspecified atom stereocenters. The first kappa shape index (κ1) is 18.0. The number of H-pyrrole nitrogens is 1. The number of likely N-dealkylation sites (N-methyl/N-ethyl adjacent to an activating group) is 1. The van der Waals surface area contributed by atoms with Crippen molar-refractivity contribution in [3.63, 3.8) is 0 Å². The van der Waals surface area contributed by atoms with Crippen molar-refractivity contribution in [3.05, 3.63) is 34.5 Å². The van der Waals surface area contributed by atoms with Crippen LogP contribution in [0.2, 0.25) is 0 Å². The molecule has 2 heterocycles. The Morgan fingerprint density at radius 3 is 2.70 bits per heavy atom. The Kier molecular flexibility index (Phi) is 4.91. The first-order chi connectivity index (χ1) is 13.1. The lowest BCUT2D eigenvalue weighted by molar-refractivity contribution is -0.119. The van der Waals surface area contributed by atoms with E-state index >= 15 is 0 Å². The second-order valence-electron chi connectivity index (χ2n) is 7.81. The third kappa shape index (κ3) is 3.46. The number of hydrogen-bond acceptors (Lipinski definition) is 3. The zero-order valence-corrected chi connectivity index (χ0v) is 15.8. The molecule has 1 atom stereocenters. The highest BCUT2D eigenvalue weighted by atomic mass is 16.5. The predicted octanol–water partition coefficient (Wildman–Crippen LogP) is 2.09. The number of amides is 2. The molecule has 6 nitrogen and oxygen atoms in total. The first-order valence-corrected chi connectivity index (χ1v) is 9.81. The molecule has 2 amide bonds. The summed E-state index contributed by atoms with van der Waals surface area (Å²) < 4.78 is 5.53. The third-order valence-electron chi connectivity index (χ3n) is 6.26. The quantitative estimate of drug-likeness (QED) is 0.770. The van der Waals surface area contributed by atoms with E-state index in [1.54, 1.807) is 13.1 Å². The van der Waals surface area contributed by atoms with Gasteiger partial charge in [0.15, 0.2) is 0 Å². The Labute approximate surface area is 158 Å². The van der Waals surface area contributed by atoms with Crippen molar-refractivity contribution in [2.75, 3.05) is 20.3 Å². The van der Waals surface area contributed by atoms with E-state index in [4.69, 9.17) is 10.5 Å². The summed E-state index contributed by atoms with van der Waals surface area (Å²) in [6.45, 7) is 1.73. The maximum Gasteiger partial charge on any atom is 0.248 e. The summed E-state index contributed by atoms with van der Waals surface area (Å²) in [5.41, 5.74) is 10.4. The molecule has 0 saturated carbocycles. The fourth-order valence-electron chi connectivity index (χ4n) is 4.75. The van der Waals surface area contributed by atoms with Crippen LogP contribution in [0.3, 0.4) is 0 Å². The molecule has 27 heavy (non-hydrogen) atoms. The number of hydrogen-bond donors (Lipinski definition) is 3. The van der Waals surface area contributed by atoms with Gasteiger partial charge in [-0.05, 0) is 67.2 Å². The molecule has 0 spiro atoms. The van der Waals surface area contributed by atoms with Crippen molar-refractivity contribution < 1.29 is 14.3 Å². The van der Waals surface area contributed by atoms with Gasteiger partial charge in [0, 0.05) is 42.4 Å². The number of rotatable bonds is 4. The number of nitrogens with one attached hydrogen (secondary N) is 2. The van der Waals surface area contributed by atoms with Gasteiger partial charge in [-0.3, -0.25) is 9.59 Å². The Hall–Kier alpha value is -2.34. The van der Waals surface area contributed by atoms with Crippen LogP contribution in [0.4, 0.5) is 0 Å². The number of carbonyl (C=O) groups is 2. The van der Waals surface area contributed by atoms with Gasteiger partial charge < -0.3 is 20.8 Å². The molecular weight excluding hydrogens is 342 g/mol. The molecule has 2 aliphatic rings. The van der Waals surface area contributed by atoms with Crippen molar-refractivity contribution in [2.45, 2.75) is 38.5 Å². The molecule has 6 heteroatoms. The van der Waals surface area contributed by atoms with Gasteiger partial charge in [-0.2, -0.15) is 0 Å². The molecule has 0 bridgehead atoms. The number of benzene rings is 1. The molecule has 1 fully saturated rings. The third-order valence-corrected chi connectivity index (χ3v) is 6.26. The van der Waals surface area contributed by atoms with Crippen LogP contribution in [0.25, 0.3) is 10.9 Å². The topological polar surface area (TPSA) is 97.2 Å². The first-order valence-electron chi connectivity index (χ1n) is 9.81. The highest BCUT2D eigenvalue weighted by Gasteiger charge is 2.30. The number of aryl methyl sites for hydroxylation is 1. The normalized spacial score (nSPS) is 20.4. The highest BCUT2D eigenvalue weighted by Crippen LogP contribution is 2.39.